The summed E-state index contributed by atoms with van der Waals surface area (Å²) in [6.45, 7) is 1.78. The van der Waals surface area contributed by atoms with E-state index in [4.69, 9.17) is 15.3 Å². The molecule has 0 aliphatic carbocycles. The molecule has 0 N–H and O–H groups in total. The van der Waals surface area contributed by atoms with Crippen LogP contribution in [0.2, 0.25) is 0 Å². The Morgan fingerprint density at radius 1 is 1.00 bits per heavy atom. The average molecular weight is 271 g/mol. The number of ether oxygens (including phenoxy) is 1. The molecule has 106 valence electrons. The van der Waals surface area contributed by atoms with Crippen molar-refractivity contribution in [3.8, 4) is 17.9 Å². The van der Waals surface area contributed by atoms with Crippen molar-refractivity contribution in [2.75, 3.05) is 27.2 Å². The Bertz CT molecular complexity index is 497. The van der Waals surface area contributed by atoms with E-state index in [9.17, 15) is 0 Å². The fourth-order valence-corrected chi connectivity index (χ4v) is 1.88. The van der Waals surface area contributed by atoms with Crippen LogP contribution < -0.4 is 4.74 Å². The molecule has 0 radical (unpaired) electrons. The van der Waals surface area contributed by atoms with Crippen LogP contribution in [0.1, 0.15) is 36.8 Å². The van der Waals surface area contributed by atoms with Crippen molar-refractivity contribution in [2.45, 2.75) is 25.7 Å². The number of nitrogens with zero attached hydrogens (tertiary/aromatic N) is 3. The highest BCUT2D eigenvalue weighted by Crippen LogP contribution is 2.17. The number of hydrogen-bond acceptors (Lipinski definition) is 4. The van der Waals surface area contributed by atoms with Crippen LogP contribution in [-0.4, -0.2) is 32.1 Å². The van der Waals surface area contributed by atoms with Crippen LogP contribution in [-0.2, 0) is 0 Å². The Hall–Kier alpha value is -2.04. The minimum absolute atomic E-state index is 0.371. The molecule has 0 aromatic heterocycles. The summed E-state index contributed by atoms with van der Waals surface area (Å²) in [5, 5.41) is 17.8. The third-order valence-corrected chi connectivity index (χ3v) is 3.00. The lowest BCUT2D eigenvalue weighted by Crippen LogP contribution is -2.12. The molecule has 0 atom stereocenters. The Morgan fingerprint density at radius 2 is 1.70 bits per heavy atom. The average Bonchev–Trinajstić information content (AvgIpc) is 2.45. The summed E-state index contributed by atoms with van der Waals surface area (Å²) in [6.07, 6.45) is 4.57. The highest BCUT2D eigenvalue weighted by Gasteiger charge is 2.03. The fourth-order valence-electron chi connectivity index (χ4n) is 1.88. The van der Waals surface area contributed by atoms with E-state index in [1.165, 1.54) is 12.8 Å². The molecule has 0 spiro atoms. The first kappa shape index (κ1) is 16.0. The van der Waals surface area contributed by atoms with Crippen LogP contribution in [0.15, 0.2) is 18.2 Å². The molecule has 4 nitrogen and oxygen atoms in total. The highest BCUT2D eigenvalue weighted by atomic mass is 16.5. The predicted octanol–water partition coefficient (Wildman–Crippen LogP) is 2.93. The molecule has 4 heteroatoms. The lowest BCUT2D eigenvalue weighted by Gasteiger charge is -2.09. The number of hydrogen-bond donors (Lipinski definition) is 0. The number of unbranched alkanes of at least 4 members (excludes halogenated alkanes) is 3. The summed E-state index contributed by atoms with van der Waals surface area (Å²) in [5.74, 6) is 0.661. The van der Waals surface area contributed by atoms with Crippen molar-refractivity contribution >= 4 is 0 Å². The van der Waals surface area contributed by atoms with Crippen LogP contribution in [0.5, 0.6) is 5.75 Å². The summed E-state index contributed by atoms with van der Waals surface area (Å²) in [7, 11) is 4.17. The molecule has 0 aliphatic rings. The number of benzene rings is 1. The summed E-state index contributed by atoms with van der Waals surface area (Å²) in [5.41, 5.74) is 0.763. The number of rotatable bonds is 8. The summed E-state index contributed by atoms with van der Waals surface area (Å²) < 4.78 is 5.60. The smallest absolute Gasteiger partial charge is 0.120 e. The van der Waals surface area contributed by atoms with E-state index in [1.807, 2.05) is 12.1 Å². The lowest BCUT2D eigenvalue weighted by atomic mass is 10.1. The fraction of sp³-hybridized carbons (Fsp3) is 0.500. The van der Waals surface area contributed by atoms with Crippen molar-refractivity contribution in [1.29, 1.82) is 10.5 Å². The molecule has 1 aromatic carbocycles. The Labute approximate surface area is 121 Å². The van der Waals surface area contributed by atoms with Crippen LogP contribution in [0, 0.1) is 22.7 Å². The third-order valence-electron chi connectivity index (χ3n) is 3.00. The predicted molar refractivity (Wildman–Crippen MR) is 78.4 cm³/mol. The zero-order chi connectivity index (χ0) is 14.8. The van der Waals surface area contributed by atoms with Gasteiger partial charge in [0.25, 0.3) is 0 Å². The Morgan fingerprint density at radius 3 is 2.35 bits per heavy atom. The second-order valence-electron chi connectivity index (χ2n) is 5.00. The minimum Gasteiger partial charge on any atom is -0.494 e. The molecule has 0 amide bonds. The van der Waals surface area contributed by atoms with Gasteiger partial charge in [0, 0.05) is 0 Å². The van der Waals surface area contributed by atoms with Gasteiger partial charge in [0.15, 0.2) is 0 Å². The van der Waals surface area contributed by atoms with Gasteiger partial charge in [-0.25, -0.2) is 0 Å². The van der Waals surface area contributed by atoms with E-state index in [1.54, 1.807) is 18.2 Å². The molecular weight excluding hydrogens is 250 g/mol. The van der Waals surface area contributed by atoms with Gasteiger partial charge in [0.2, 0.25) is 0 Å². The Kier molecular flexibility index (Phi) is 7.17. The maximum Gasteiger partial charge on any atom is 0.120 e. The first-order valence-corrected chi connectivity index (χ1v) is 6.89. The van der Waals surface area contributed by atoms with Gasteiger partial charge in [0.1, 0.15) is 17.9 Å². The van der Waals surface area contributed by atoms with Gasteiger partial charge in [0.05, 0.1) is 17.7 Å². The monoisotopic (exact) mass is 271 g/mol. The van der Waals surface area contributed by atoms with Gasteiger partial charge in [-0.2, -0.15) is 10.5 Å². The van der Waals surface area contributed by atoms with E-state index in [0.717, 1.165) is 19.4 Å². The molecular formula is C16H21N3O. The van der Waals surface area contributed by atoms with Crippen LogP contribution in [0.25, 0.3) is 0 Å². The quantitative estimate of drug-likeness (QED) is 0.682. The van der Waals surface area contributed by atoms with E-state index >= 15 is 0 Å². The van der Waals surface area contributed by atoms with E-state index < -0.39 is 0 Å². The molecule has 0 aliphatic heterocycles. The van der Waals surface area contributed by atoms with Crippen molar-refractivity contribution in [1.82, 2.24) is 4.90 Å². The lowest BCUT2D eigenvalue weighted by molar-refractivity contribution is 0.302. The van der Waals surface area contributed by atoms with Gasteiger partial charge >= 0.3 is 0 Å². The van der Waals surface area contributed by atoms with Gasteiger partial charge in [-0.05, 0) is 51.7 Å². The third kappa shape index (κ3) is 5.73. The minimum atomic E-state index is 0.371. The van der Waals surface area contributed by atoms with Gasteiger partial charge in [-0.1, -0.05) is 12.8 Å². The Balaban J connectivity index is 2.26. The van der Waals surface area contributed by atoms with E-state index in [0.29, 0.717) is 23.5 Å². The van der Waals surface area contributed by atoms with Crippen LogP contribution in [0.4, 0.5) is 0 Å². The molecule has 0 saturated carbocycles. The molecule has 0 fully saturated rings. The molecule has 0 saturated heterocycles. The SMILES string of the molecule is CN(C)CCCCCCOc1ccc(C#N)c(C#N)c1. The van der Waals surface area contributed by atoms with Gasteiger partial charge < -0.3 is 9.64 Å². The second kappa shape index (κ2) is 8.96. The first-order valence-electron chi connectivity index (χ1n) is 6.89. The molecule has 1 rings (SSSR count). The van der Waals surface area contributed by atoms with Gasteiger partial charge in [-0.15, -0.1) is 0 Å². The summed E-state index contributed by atoms with van der Waals surface area (Å²) in [6, 6.07) is 9.00. The zero-order valence-electron chi connectivity index (χ0n) is 12.2. The van der Waals surface area contributed by atoms with Crippen molar-refractivity contribution in [3.63, 3.8) is 0 Å². The maximum atomic E-state index is 8.93. The topological polar surface area (TPSA) is 60.0 Å². The van der Waals surface area contributed by atoms with Crippen molar-refractivity contribution in [2.24, 2.45) is 0 Å². The van der Waals surface area contributed by atoms with E-state index in [-0.39, 0.29) is 0 Å². The standard InChI is InChI=1S/C16H21N3O/c1-19(2)9-5-3-4-6-10-20-16-8-7-14(12-17)15(11-16)13-18/h7-8,11H,3-6,9-10H2,1-2H3. The molecule has 0 bridgehead atoms. The highest BCUT2D eigenvalue weighted by molar-refractivity contribution is 5.49. The first-order chi connectivity index (χ1) is 9.67. The van der Waals surface area contributed by atoms with Crippen molar-refractivity contribution in [3.05, 3.63) is 29.3 Å². The molecule has 20 heavy (non-hydrogen) atoms. The summed E-state index contributed by atoms with van der Waals surface area (Å²) in [4.78, 5) is 2.19. The normalized spacial score (nSPS) is 10.1. The number of nitriles is 2. The second-order valence-corrected chi connectivity index (χ2v) is 5.00. The van der Waals surface area contributed by atoms with E-state index in [2.05, 4.69) is 19.0 Å². The maximum absolute atomic E-state index is 8.93. The molecule has 0 heterocycles. The molecule has 1 aromatic rings. The van der Waals surface area contributed by atoms with Crippen LogP contribution in [0.3, 0.4) is 0 Å². The largest absolute Gasteiger partial charge is 0.494 e. The van der Waals surface area contributed by atoms with Crippen LogP contribution >= 0.6 is 0 Å². The zero-order valence-corrected chi connectivity index (χ0v) is 12.2. The van der Waals surface area contributed by atoms with Gasteiger partial charge in [-0.3, -0.25) is 0 Å². The van der Waals surface area contributed by atoms with Crippen molar-refractivity contribution < 1.29 is 4.74 Å². The summed E-state index contributed by atoms with van der Waals surface area (Å²) >= 11 is 0. The molecule has 0 unspecified atom stereocenters.